The number of aliphatic imine (C=N–C) groups is 1. The summed E-state index contributed by atoms with van der Waals surface area (Å²) in [5, 5.41) is 6.96. The second-order valence-electron chi connectivity index (χ2n) is 7.59. The first-order valence-electron chi connectivity index (χ1n) is 10.0. The molecule has 1 heterocycles. The minimum absolute atomic E-state index is 0. The Morgan fingerprint density at radius 1 is 1.14 bits per heavy atom. The molecule has 7 heteroatoms. The van der Waals surface area contributed by atoms with Gasteiger partial charge < -0.3 is 20.3 Å². The highest BCUT2D eigenvalue weighted by atomic mass is 127. The summed E-state index contributed by atoms with van der Waals surface area (Å²) in [6.45, 7) is 10.9. The van der Waals surface area contributed by atoms with Crippen molar-refractivity contribution < 1.29 is 4.74 Å². The maximum absolute atomic E-state index is 5.43. The van der Waals surface area contributed by atoms with Gasteiger partial charge in [-0.3, -0.25) is 9.89 Å². The lowest BCUT2D eigenvalue weighted by atomic mass is 10.0. The van der Waals surface area contributed by atoms with Crippen LogP contribution in [-0.2, 0) is 6.42 Å². The quantitative estimate of drug-likeness (QED) is 0.324. The molecule has 1 atom stereocenters. The third kappa shape index (κ3) is 7.75. The van der Waals surface area contributed by atoms with Gasteiger partial charge in [0, 0.05) is 52.4 Å². The van der Waals surface area contributed by atoms with E-state index in [0.29, 0.717) is 12.0 Å². The molecule has 1 unspecified atom stereocenters. The summed E-state index contributed by atoms with van der Waals surface area (Å²) in [4.78, 5) is 9.40. The molecule has 160 valence electrons. The second kappa shape index (κ2) is 13.2. The van der Waals surface area contributed by atoms with Crippen molar-refractivity contribution in [2.45, 2.75) is 26.3 Å². The summed E-state index contributed by atoms with van der Waals surface area (Å²) < 4.78 is 5.43. The van der Waals surface area contributed by atoms with Crippen molar-refractivity contribution in [1.82, 2.24) is 20.4 Å². The zero-order valence-electron chi connectivity index (χ0n) is 18.1. The van der Waals surface area contributed by atoms with E-state index in [9.17, 15) is 0 Å². The van der Waals surface area contributed by atoms with Crippen LogP contribution in [0.25, 0.3) is 0 Å². The largest absolute Gasteiger partial charge is 0.496 e. The van der Waals surface area contributed by atoms with Crippen molar-refractivity contribution in [1.29, 1.82) is 0 Å². The van der Waals surface area contributed by atoms with Crippen LogP contribution in [0.15, 0.2) is 29.3 Å². The third-order valence-electron chi connectivity index (χ3n) is 5.36. The average Bonchev–Trinajstić information content (AvgIpc) is 2.68. The van der Waals surface area contributed by atoms with Crippen LogP contribution in [0.1, 0.15) is 19.4 Å². The van der Waals surface area contributed by atoms with E-state index in [1.54, 1.807) is 7.11 Å². The lowest BCUT2D eigenvalue weighted by Crippen LogP contribution is -2.55. The molecule has 0 radical (unpaired) electrons. The van der Waals surface area contributed by atoms with E-state index in [-0.39, 0.29) is 24.0 Å². The minimum Gasteiger partial charge on any atom is -0.496 e. The Labute approximate surface area is 188 Å². The predicted octanol–water partition coefficient (Wildman–Crippen LogP) is 2.29. The van der Waals surface area contributed by atoms with Crippen molar-refractivity contribution in [3.05, 3.63) is 29.8 Å². The van der Waals surface area contributed by atoms with Gasteiger partial charge in [0.25, 0.3) is 0 Å². The first-order valence-corrected chi connectivity index (χ1v) is 10.0. The first-order chi connectivity index (χ1) is 13.0. The molecule has 0 bridgehead atoms. The van der Waals surface area contributed by atoms with Gasteiger partial charge in [-0.1, -0.05) is 32.0 Å². The number of hydrogen-bond donors (Lipinski definition) is 2. The number of hydrogen-bond acceptors (Lipinski definition) is 4. The number of likely N-dealkylation sites (N-methyl/N-ethyl adjacent to an activating group) is 1. The van der Waals surface area contributed by atoms with Crippen molar-refractivity contribution in [3.63, 3.8) is 0 Å². The number of para-hydroxylation sites is 1. The number of piperazine rings is 1. The number of nitrogens with one attached hydrogen (secondary N) is 2. The van der Waals surface area contributed by atoms with Crippen LogP contribution in [0.4, 0.5) is 0 Å². The topological polar surface area (TPSA) is 52.1 Å². The number of methoxy groups -OCH3 is 1. The normalized spacial score (nSPS) is 17.1. The Hall–Kier alpha value is -1.06. The summed E-state index contributed by atoms with van der Waals surface area (Å²) in [5.74, 6) is 2.41. The van der Waals surface area contributed by atoms with Gasteiger partial charge in [-0.15, -0.1) is 24.0 Å². The number of benzene rings is 1. The van der Waals surface area contributed by atoms with Gasteiger partial charge in [0.15, 0.2) is 5.96 Å². The third-order valence-corrected chi connectivity index (χ3v) is 5.36. The fourth-order valence-corrected chi connectivity index (χ4v) is 3.59. The van der Waals surface area contributed by atoms with Crippen molar-refractivity contribution in [3.8, 4) is 5.75 Å². The highest BCUT2D eigenvalue weighted by molar-refractivity contribution is 14.0. The maximum atomic E-state index is 5.43. The Bertz CT molecular complexity index is 588. The van der Waals surface area contributed by atoms with Gasteiger partial charge in [0.05, 0.1) is 7.11 Å². The van der Waals surface area contributed by atoms with E-state index >= 15 is 0 Å². The zero-order valence-corrected chi connectivity index (χ0v) is 20.4. The number of nitrogens with zero attached hydrogens (tertiary/aromatic N) is 3. The van der Waals surface area contributed by atoms with Crippen molar-refractivity contribution in [2.75, 3.05) is 60.5 Å². The standard InChI is InChI=1S/C21H37N5O.HI/c1-17(2)19(26-14-12-25(4)13-15-26)16-24-21(22-3)23-11-10-18-8-6-7-9-20(18)27-5;/h6-9,17,19H,10-16H2,1-5H3,(H2,22,23,24);1H. The van der Waals surface area contributed by atoms with Crippen LogP contribution in [0.3, 0.4) is 0 Å². The molecule has 0 aromatic heterocycles. The smallest absolute Gasteiger partial charge is 0.191 e. The number of rotatable bonds is 8. The molecule has 0 aliphatic carbocycles. The molecule has 1 aliphatic rings. The van der Waals surface area contributed by atoms with E-state index < -0.39 is 0 Å². The van der Waals surface area contributed by atoms with Crippen LogP contribution >= 0.6 is 24.0 Å². The van der Waals surface area contributed by atoms with E-state index in [1.807, 2.05) is 25.2 Å². The van der Waals surface area contributed by atoms with E-state index in [2.05, 4.69) is 52.4 Å². The molecule has 0 amide bonds. The molecule has 1 aromatic carbocycles. The molecule has 1 saturated heterocycles. The molecule has 1 aromatic rings. The number of halogens is 1. The van der Waals surface area contributed by atoms with E-state index in [4.69, 9.17) is 4.74 Å². The maximum Gasteiger partial charge on any atom is 0.191 e. The molecule has 28 heavy (non-hydrogen) atoms. The van der Waals surface area contributed by atoms with Crippen molar-refractivity contribution in [2.24, 2.45) is 10.9 Å². The summed E-state index contributed by atoms with van der Waals surface area (Å²) in [5.41, 5.74) is 1.21. The van der Waals surface area contributed by atoms with Gasteiger partial charge in [0.2, 0.25) is 0 Å². The van der Waals surface area contributed by atoms with Crippen LogP contribution in [0.5, 0.6) is 5.75 Å². The molecular formula is C21H38IN5O. The fraction of sp³-hybridized carbons (Fsp3) is 0.667. The predicted molar refractivity (Wildman–Crippen MR) is 129 cm³/mol. The van der Waals surface area contributed by atoms with Crippen molar-refractivity contribution >= 4 is 29.9 Å². The van der Waals surface area contributed by atoms with Gasteiger partial charge in [-0.2, -0.15) is 0 Å². The Balaban J connectivity index is 0.00000392. The molecule has 0 saturated carbocycles. The highest BCUT2D eigenvalue weighted by Crippen LogP contribution is 2.17. The van der Waals surface area contributed by atoms with E-state index in [1.165, 1.54) is 5.56 Å². The SMILES string of the molecule is CN=C(NCCc1ccccc1OC)NCC(C(C)C)N1CCN(C)CC1.I. The highest BCUT2D eigenvalue weighted by Gasteiger charge is 2.25. The molecule has 1 fully saturated rings. The Kier molecular flexibility index (Phi) is 11.8. The van der Waals surface area contributed by atoms with Gasteiger partial charge in [-0.25, -0.2) is 0 Å². The number of guanidine groups is 1. The van der Waals surface area contributed by atoms with Gasteiger partial charge in [-0.05, 0) is 31.0 Å². The second-order valence-corrected chi connectivity index (χ2v) is 7.59. The Morgan fingerprint density at radius 3 is 2.43 bits per heavy atom. The van der Waals surface area contributed by atoms with Crippen LogP contribution in [0.2, 0.25) is 0 Å². The summed E-state index contributed by atoms with van der Waals surface area (Å²) in [6, 6.07) is 8.69. The number of ether oxygens (including phenoxy) is 1. The summed E-state index contributed by atoms with van der Waals surface area (Å²) >= 11 is 0. The average molecular weight is 503 g/mol. The molecule has 1 aliphatic heterocycles. The van der Waals surface area contributed by atoms with Gasteiger partial charge >= 0.3 is 0 Å². The molecule has 2 rings (SSSR count). The minimum atomic E-state index is 0. The van der Waals surface area contributed by atoms with Crippen LogP contribution < -0.4 is 15.4 Å². The summed E-state index contributed by atoms with van der Waals surface area (Å²) in [7, 11) is 5.75. The molecule has 0 spiro atoms. The summed E-state index contributed by atoms with van der Waals surface area (Å²) in [6.07, 6.45) is 0.900. The monoisotopic (exact) mass is 503 g/mol. The molecule has 6 nitrogen and oxygen atoms in total. The lowest BCUT2D eigenvalue weighted by Gasteiger charge is -2.40. The lowest BCUT2D eigenvalue weighted by molar-refractivity contribution is 0.0900. The fourth-order valence-electron chi connectivity index (χ4n) is 3.59. The molecule has 2 N–H and O–H groups in total. The van der Waals surface area contributed by atoms with Gasteiger partial charge in [0.1, 0.15) is 5.75 Å². The van der Waals surface area contributed by atoms with E-state index in [0.717, 1.165) is 57.4 Å². The molecular weight excluding hydrogens is 465 g/mol. The van der Waals surface area contributed by atoms with Crippen LogP contribution in [-0.4, -0.2) is 82.3 Å². The first kappa shape index (κ1) is 25.0. The Morgan fingerprint density at radius 2 is 1.82 bits per heavy atom. The van der Waals surface area contributed by atoms with Crippen LogP contribution in [0, 0.1) is 5.92 Å². The zero-order chi connectivity index (χ0) is 19.6.